The maximum absolute atomic E-state index is 13.0. The number of aromatic nitrogens is 2. The number of carbonyl (C=O) groups excluding carboxylic acids is 1. The highest BCUT2D eigenvalue weighted by Crippen LogP contribution is 2.20. The van der Waals surface area contributed by atoms with Gasteiger partial charge in [-0.15, -0.1) is 0 Å². The molecule has 1 amide bonds. The van der Waals surface area contributed by atoms with Crippen molar-refractivity contribution in [2.75, 3.05) is 5.32 Å². The van der Waals surface area contributed by atoms with Gasteiger partial charge in [-0.25, -0.2) is 4.98 Å². The fourth-order valence-electron chi connectivity index (χ4n) is 3.25. The van der Waals surface area contributed by atoms with Gasteiger partial charge in [0.1, 0.15) is 23.7 Å². The molecule has 2 aromatic heterocycles. The highest BCUT2D eigenvalue weighted by molar-refractivity contribution is 6.30. The molecule has 152 valence electrons. The van der Waals surface area contributed by atoms with Crippen LogP contribution in [0, 0.1) is 6.92 Å². The van der Waals surface area contributed by atoms with E-state index in [0.717, 1.165) is 28.2 Å². The number of aryl methyl sites for hydroxylation is 2. The minimum atomic E-state index is -0.182. The molecule has 2 aromatic carbocycles. The maximum Gasteiger partial charge on any atom is 0.274 e. The highest BCUT2D eigenvalue weighted by Gasteiger charge is 2.18. The van der Waals surface area contributed by atoms with Gasteiger partial charge in [0.15, 0.2) is 0 Å². The summed E-state index contributed by atoms with van der Waals surface area (Å²) in [5, 5.41) is 3.66. The first-order valence-corrected chi connectivity index (χ1v) is 10.2. The van der Waals surface area contributed by atoms with E-state index < -0.39 is 0 Å². The summed E-state index contributed by atoms with van der Waals surface area (Å²) in [6, 6.07) is 18.8. The summed E-state index contributed by atoms with van der Waals surface area (Å²) < 4.78 is 7.64. The summed E-state index contributed by atoms with van der Waals surface area (Å²) in [5.41, 5.74) is 4.96. The van der Waals surface area contributed by atoms with Gasteiger partial charge in [-0.2, -0.15) is 0 Å². The molecule has 4 rings (SSSR count). The standard InChI is InChI=1S/C24H22ClN3O2/c1-3-21-23(28-13-12-16(2)14-22(28)27-21)24(29)26-19-8-10-20(11-9-19)30-15-17-4-6-18(25)7-5-17/h4-14H,3,15H2,1-2H3,(H,26,29). The lowest BCUT2D eigenvalue weighted by atomic mass is 10.2. The van der Waals surface area contributed by atoms with E-state index in [1.807, 2.05) is 85.1 Å². The number of imidazole rings is 1. The molecule has 0 aliphatic rings. The van der Waals surface area contributed by atoms with E-state index in [-0.39, 0.29) is 5.91 Å². The van der Waals surface area contributed by atoms with Crippen molar-refractivity contribution >= 4 is 28.8 Å². The number of rotatable bonds is 6. The molecule has 0 bridgehead atoms. The molecule has 0 saturated carbocycles. The van der Waals surface area contributed by atoms with Crippen LogP contribution < -0.4 is 10.1 Å². The molecule has 0 atom stereocenters. The van der Waals surface area contributed by atoms with Crippen molar-refractivity contribution in [3.63, 3.8) is 0 Å². The van der Waals surface area contributed by atoms with E-state index >= 15 is 0 Å². The van der Waals surface area contributed by atoms with Gasteiger partial charge in [-0.05, 0) is 73.0 Å². The second-order valence-electron chi connectivity index (χ2n) is 7.09. The summed E-state index contributed by atoms with van der Waals surface area (Å²) in [4.78, 5) is 17.6. The van der Waals surface area contributed by atoms with Crippen LogP contribution in [0.1, 0.15) is 34.2 Å². The van der Waals surface area contributed by atoms with Gasteiger partial charge >= 0.3 is 0 Å². The number of nitrogens with zero attached hydrogens (tertiary/aromatic N) is 2. The van der Waals surface area contributed by atoms with Crippen molar-refractivity contribution in [3.05, 3.63) is 94.4 Å². The van der Waals surface area contributed by atoms with Gasteiger partial charge in [0, 0.05) is 16.9 Å². The van der Waals surface area contributed by atoms with Crippen molar-refractivity contribution in [1.29, 1.82) is 0 Å². The van der Waals surface area contributed by atoms with E-state index in [1.54, 1.807) is 0 Å². The Bertz CT molecular complexity index is 1180. The van der Waals surface area contributed by atoms with Crippen LogP contribution in [0.15, 0.2) is 66.9 Å². The molecule has 0 fully saturated rings. The van der Waals surface area contributed by atoms with Crippen molar-refractivity contribution < 1.29 is 9.53 Å². The minimum absolute atomic E-state index is 0.182. The van der Waals surface area contributed by atoms with Gasteiger partial charge in [0.05, 0.1) is 5.69 Å². The lowest BCUT2D eigenvalue weighted by Crippen LogP contribution is -2.16. The number of amides is 1. The molecule has 0 unspecified atom stereocenters. The van der Waals surface area contributed by atoms with E-state index in [0.29, 0.717) is 29.4 Å². The fraction of sp³-hybridized carbons (Fsp3) is 0.167. The predicted octanol–water partition coefficient (Wildman–Crippen LogP) is 5.69. The van der Waals surface area contributed by atoms with Gasteiger partial charge in [-0.1, -0.05) is 30.7 Å². The summed E-state index contributed by atoms with van der Waals surface area (Å²) >= 11 is 5.90. The number of hydrogen-bond acceptors (Lipinski definition) is 3. The van der Waals surface area contributed by atoms with Crippen LogP contribution in [0.4, 0.5) is 5.69 Å². The number of carbonyl (C=O) groups is 1. The van der Waals surface area contributed by atoms with Crippen LogP contribution in [0.3, 0.4) is 0 Å². The number of fused-ring (bicyclic) bond motifs is 1. The molecule has 1 N–H and O–H groups in total. The zero-order valence-electron chi connectivity index (χ0n) is 16.9. The van der Waals surface area contributed by atoms with E-state index in [4.69, 9.17) is 16.3 Å². The van der Waals surface area contributed by atoms with Crippen LogP contribution in [0.5, 0.6) is 5.75 Å². The lowest BCUT2D eigenvalue weighted by molar-refractivity contribution is 0.102. The topological polar surface area (TPSA) is 55.6 Å². The Morgan fingerprint density at radius 1 is 1.10 bits per heavy atom. The van der Waals surface area contributed by atoms with Gasteiger partial charge < -0.3 is 10.1 Å². The Kier molecular flexibility index (Phi) is 5.72. The third-order valence-electron chi connectivity index (χ3n) is 4.83. The summed E-state index contributed by atoms with van der Waals surface area (Å²) in [7, 11) is 0. The molecule has 6 heteroatoms. The van der Waals surface area contributed by atoms with Crippen LogP contribution in [-0.2, 0) is 13.0 Å². The number of halogens is 1. The highest BCUT2D eigenvalue weighted by atomic mass is 35.5. The number of anilines is 1. The molecular weight excluding hydrogens is 398 g/mol. The second kappa shape index (κ2) is 8.59. The summed E-state index contributed by atoms with van der Waals surface area (Å²) in [6.07, 6.45) is 2.57. The summed E-state index contributed by atoms with van der Waals surface area (Å²) in [6.45, 7) is 4.46. The molecule has 0 saturated heterocycles. The average molecular weight is 420 g/mol. The average Bonchev–Trinajstić information content (AvgIpc) is 3.12. The fourth-order valence-corrected chi connectivity index (χ4v) is 3.38. The normalized spacial score (nSPS) is 10.9. The lowest BCUT2D eigenvalue weighted by Gasteiger charge is -2.09. The van der Waals surface area contributed by atoms with Crippen LogP contribution in [0.2, 0.25) is 5.02 Å². The van der Waals surface area contributed by atoms with Crippen molar-refractivity contribution in [2.45, 2.75) is 26.9 Å². The first-order chi connectivity index (χ1) is 14.5. The molecule has 30 heavy (non-hydrogen) atoms. The molecule has 2 heterocycles. The van der Waals surface area contributed by atoms with Gasteiger partial charge in [-0.3, -0.25) is 9.20 Å². The van der Waals surface area contributed by atoms with E-state index in [2.05, 4.69) is 10.3 Å². The zero-order chi connectivity index (χ0) is 21.1. The first kappa shape index (κ1) is 20.0. The monoisotopic (exact) mass is 419 g/mol. The Morgan fingerprint density at radius 3 is 2.53 bits per heavy atom. The third-order valence-corrected chi connectivity index (χ3v) is 5.09. The van der Waals surface area contributed by atoms with Gasteiger partial charge in [0.2, 0.25) is 0 Å². The smallest absolute Gasteiger partial charge is 0.274 e. The molecule has 4 aromatic rings. The van der Waals surface area contributed by atoms with E-state index in [1.165, 1.54) is 0 Å². The third kappa shape index (κ3) is 4.31. The van der Waals surface area contributed by atoms with Crippen LogP contribution in [-0.4, -0.2) is 15.3 Å². The van der Waals surface area contributed by atoms with Crippen molar-refractivity contribution in [2.24, 2.45) is 0 Å². The van der Waals surface area contributed by atoms with Crippen molar-refractivity contribution in [3.8, 4) is 5.75 Å². The van der Waals surface area contributed by atoms with E-state index in [9.17, 15) is 4.79 Å². The molecule has 5 nitrogen and oxygen atoms in total. The minimum Gasteiger partial charge on any atom is -0.489 e. The summed E-state index contributed by atoms with van der Waals surface area (Å²) in [5.74, 6) is 0.542. The molecule has 0 spiro atoms. The Morgan fingerprint density at radius 2 is 1.83 bits per heavy atom. The van der Waals surface area contributed by atoms with Crippen LogP contribution >= 0.6 is 11.6 Å². The molecule has 0 aliphatic heterocycles. The zero-order valence-corrected chi connectivity index (χ0v) is 17.6. The molecule has 0 radical (unpaired) electrons. The SMILES string of the molecule is CCc1nc2cc(C)ccn2c1C(=O)Nc1ccc(OCc2ccc(Cl)cc2)cc1. The quantitative estimate of drug-likeness (QED) is 0.436. The number of hydrogen-bond donors (Lipinski definition) is 1. The number of nitrogens with one attached hydrogen (secondary N) is 1. The van der Waals surface area contributed by atoms with Crippen LogP contribution in [0.25, 0.3) is 5.65 Å². The second-order valence-corrected chi connectivity index (χ2v) is 7.52. The number of pyridine rings is 1. The Hall–Kier alpha value is -3.31. The Balaban J connectivity index is 1.46. The number of benzene rings is 2. The van der Waals surface area contributed by atoms with Crippen molar-refractivity contribution in [1.82, 2.24) is 9.38 Å². The maximum atomic E-state index is 13.0. The molecular formula is C24H22ClN3O2. The predicted molar refractivity (Wildman–Crippen MR) is 119 cm³/mol. The molecule has 0 aliphatic carbocycles. The number of ether oxygens (including phenoxy) is 1. The Labute approximate surface area is 180 Å². The largest absolute Gasteiger partial charge is 0.489 e. The first-order valence-electron chi connectivity index (χ1n) is 9.79. The van der Waals surface area contributed by atoms with Gasteiger partial charge in [0.25, 0.3) is 5.91 Å².